The van der Waals surface area contributed by atoms with Crippen LogP contribution in [0.15, 0.2) is 57.3 Å². The number of amides is 1. The van der Waals surface area contributed by atoms with Crippen molar-refractivity contribution in [2.75, 3.05) is 32.1 Å². The van der Waals surface area contributed by atoms with E-state index in [0.29, 0.717) is 66.1 Å². The molecule has 0 aliphatic rings. The van der Waals surface area contributed by atoms with Crippen molar-refractivity contribution < 1.29 is 23.8 Å². The predicted molar refractivity (Wildman–Crippen MR) is 144 cm³/mol. The number of allylic oxidation sites excluding steroid dienone is 2. The molecule has 3 aromatic rings. The number of carbonyl (C=O) groups excluding carboxylic acids is 1. The first-order valence-electron chi connectivity index (χ1n) is 12.2. The third-order valence-electron chi connectivity index (χ3n) is 5.73. The molecule has 2 aromatic carbocycles. The normalized spacial score (nSPS) is 11.7. The second-order valence-corrected chi connectivity index (χ2v) is 8.99. The van der Waals surface area contributed by atoms with E-state index in [-0.39, 0.29) is 5.69 Å². The third-order valence-corrected chi connectivity index (χ3v) is 5.73. The number of nitrogens with one attached hydrogen (secondary N) is 2. The van der Waals surface area contributed by atoms with E-state index in [0.717, 1.165) is 11.1 Å². The minimum Gasteiger partial charge on any atom is -0.496 e. The minimum atomic E-state index is -0.887. The van der Waals surface area contributed by atoms with Gasteiger partial charge in [-0.3, -0.25) is 4.79 Å². The summed E-state index contributed by atoms with van der Waals surface area (Å²) < 4.78 is 16.8. The summed E-state index contributed by atoms with van der Waals surface area (Å²) in [4.78, 5) is 25.7. The highest BCUT2D eigenvalue weighted by atomic mass is 16.5. The van der Waals surface area contributed by atoms with Crippen LogP contribution >= 0.6 is 0 Å². The summed E-state index contributed by atoms with van der Waals surface area (Å²) in [5.74, 6) is 0.881. The van der Waals surface area contributed by atoms with E-state index in [2.05, 4.69) is 16.7 Å². The molecule has 5 N–H and O–H groups in total. The Labute approximate surface area is 216 Å². The summed E-state index contributed by atoms with van der Waals surface area (Å²) in [6.07, 6.45) is 2.51. The van der Waals surface area contributed by atoms with Crippen molar-refractivity contribution in [3.05, 3.63) is 75.2 Å². The fourth-order valence-electron chi connectivity index (χ4n) is 3.77. The number of hydrogen-bond acceptors (Lipinski definition) is 8. The number of carbonyl (C=O) groups is 1. The molecule has 1 atom stereocenters. The largest absolute Gasteiger partial charge is 0.496 e. The van der Waals surface area contributed by atoms with Gasteiger partial charge in [0.15, 0.2) is 0 Å². The minimum absolute atomic E-state index is 0.0559. The van der Waals surface area contributed by atoms with Gasteiger partial charge in [0.2, 0.25) is 0 Å². The lowest BCUT2D eigenvalue weighted by Crippen LogP contribution is -2.34. The van der Waals surface area contributed by atoms with E-state index >= 15 is 0 Å². The molecule has 3 rings (SSSR count). The Morgan fingerprint density at radius 3 is 2.65 bits per heavy atom. The second-order valence-electron chi connectivity index (χ2n) is 8.99. The van der Waals surface area contributed by atoms with Crippen molar-refractivity contribution in [3.63, 3.8) is 0 Å². The fraction of sp³-hybridized carbons (Fsp3) is 0.357. The number of aryl methyl sites for hydroxylation is 1. The first-order valence-corrected chi connectivity index (χ1v) is 12.2. The topological polar surface area (TPSA) is 136 Å². The van der Waals surface area contributed by atoms with E-state index in [1.54, 1.807) is 43.5 Å². The number of ether oxygens (including phenoxy) is 2. The number of aliphatic hydroxyl groups excluding tert-OH is 1. The average Bonchev–Trinajstić information content (AvgIpc) is 2.86. The number of benzene rings is 2. The molecule has 9 nitrogen and oxygen atoms in total. The van der Waals surface area contributed by atoms with E-state index in [9.17, 15) is 9.59 Å². The smallest absolute Gasteiger partial charge is 0.360 e. The van der Waals surface area contributed by atoms with Gasteiger partial charge >= 0.3 is 5.63 Å². The molecule has 1 unspecified atom stereocenters. The van der Waals surface area contributed by atoms with Crippen molar-refractivity contribution in [2.24, 2.45) is 5.73 Å². The first-order chi connectivity index (χ1) is 17.7. The highest BCUT2D eigenvalue weighted by Gasteiger charge is 2.15. The number of rotatable bonds is 12. The van der Waals surface area contributed by atoms with E-state index in [1.807, 2.05) is 20.8 Å². The van der Waals surface area contributed by atoms with Crippen LogP contribution in [0.4, 0.5) is 5.69 Å². The van der Waals surface area contributed by atoms with Gasteiger partial charge in [0.05, 0.1) is 13.7 Å². The maximum absolute atomic E-state index is 13.0. The number of fused-ring (bicyclic) bond motifs is 1. The van der Waals surface area contributed by atoms with Crippen molar-refractivity contribution in [1.82, 2.24) is 5.32 Å². The van der Waals surface area contributed by atoms with E-state index in [1.165, 1.54) is 0 Å². The zero-order valence-electron chi connectivity index (χ0n) is 21.7. The van der Waals surface area contributed by atoms with Gasteiger partial charge in [0, 0.05) is 23.1 Å². The van der Waals surface area contributed by atoms with Gasteiger partial charge in [0.1, 0.15) is 29.0 Å². The maximum atomic E-state index is 13.0. The molecular weight excluding hydrogens is 474 g/mol. The molecule has 37 heavy (non-hydrogen) atoms. The van der Waals surface area contributed by atoms with Crippen molar-refractivity contribution in [2.45, 2.75) is 39.8 Å². The van der Waals surface area contributed by atoms with E-state index < -0.39 is 17.8 Å². The van der Waals surface area contributed by atoms with Gasteiger partial charge in [0.25, 0.3) is 5.91 Å². The maximum Gasteiger partial charge on any atom is 0.360 e. The molecule has 0 aliphatic heterocycles. The molecule has 198 valence electrons. The molecule has 0 fully saturated rings. The monoisotopic (exact) mass is 509 g/mol. The number of nitrogens with two attached hydrogens (primary N) is 1. The quantitative estimate of drug-likeness (QED) is 0.126. The number of anilines is 1. The number of methoxy groups -OCH3 is 1. The lowest BCUT2D eigenvalue weighted by atomic mass is 10.0. The molecule has 9 heteroatoms. The van der Waals surface area contributed by atoms with Crippen molar-refractivity contribution >= 4 is 22.6 Å². The van der Waals surface area contributed by atoms with Crippen LogP contribution in [-0.4, -0.2) is 44.0 Å². The Hall–Kier alpha value is -3.66. The molecule has 0 aliphatic carbocycles. The van der Waals surface area contributed by atoms with Gasteiger partial charge in [-0.15, -0.1) is 0 Å². The van der Waals surface area contributed by atoms with Gasteiger partial charge in [-0.25, -0.2) is 4.79 Å². The first kappa shape index (κ1) is 27.9. The molecule has 0 spiro atoms. The Morgan fingerprint density at radius 2 is 1.95 bits per heavy atom. The summed E-state index contributed by atoms with van der Waals surface area (Å²) >= 11 is 0. The SMILES string of the molecule is COc1ccc(C(=O)Nc2cc3ccc(OCCCNCC(N)O)c(C)c3oc2=O)cc1CC=C(C)C. The average molecular weight is 510 g/mol. The second kappa shape index (κ2) is 13.0. The van der Waals surface area contributed by atoms with Crippen LogP contribution < -0.4 is 31.5 Å². The predicted octanol–water partition coefficient (Wildman–Crippen LogP) is 3.51. The third kappa shape index (κ3) is 7.66. The van der Waals surface area contributed by atoms with Crippen molar-refractivity contribution in [1.29, 1.82) is 0 Å². The highest BCUT2D eigenvalue weighted by molar-refractivity contribution is 6.05. The van der Waals surface area contributed by atoms with Crippen LogP contribution in [0.3, 0.4) is 0 Å². The van der Waals surface area contributed by atoms with Crippen molar-refractivity contribution in [3.8, 4) is 11.5 Å². The fourth-order valence-corrected chi connectivity index (χ4v) is 3.77. The van der Waals surface area contributed by atoms with Crippen LogP contribution in [0.25, 0.3) is 11.0 Å². The molecule has 1 aromatic heterocycles. The molecular formula is C28H35N3O6. The molecule has 0 bridgehead atoms. The molecule has 1 heterocycles. The van der Waals surface area contributed by atoms with Crippen LogP contribution in [0.2, 0.25) is 0 Å². The summed E-state index contributed by atoms with van der Waals surface area (Å²) in [5, 5.41) is 15.4. The van der Waals surface area contributed by atoms with E-state index in [4.69, 9.17) is 24.7 Å². The highest BCUT2D eigenvalue weighted by Crippen LogP contribution is 2.28. The number of aliphatic hydroxyl groups is 1. The molecule has 1 amide bonds. The summed E-state index contributed by atoms with van der Waals surface area (Å²) in [5.41, 5.74) is 8.23. The van der Waals surface area contributed by atoms with Crippen LogP contribution in [0.1, 0.15) is 41.8 Å². The zero-order valence-corrected chi connectivity index (χ0v) is 21.7. The molecule has 0 radical (unpaired) electrons. The summed E-state index contributed by atoms with van der Waals surface area (Å²) in [6, 6.07) is 10.4. The van der Waals surface area contributed by atoms with Crippen LogP contribution in [-0.2, 0) is 6.42 Å². The Morgan fingerprint density at radius 1 is 1.19 bits per heavy atom. The van der Waals surface area contributed by atoms with Crippen LogP contribution in [0, 0.1) is 6.92 Å². The van der Waals surface area contributed by atoms with Gasteiger partial charge < -0.3 is 35.4 Å². The van der Waals surface area contributed by atoms with Gasteiger partial charge in [-0.05, 0) is 82.1 Å². The Balaban J connectivity index is 1.74. The lowest BCUT2D eigenvalue weighted by Gasteiger charge is -2.12. The lowest BCUT2D eigenvalue weighted by molar-refractivity contribution is 0.102. The van der Waals surface area contributed by atoms with Crippen LogP contribution in [0.5, 0.6) is 11.5 Å². The Kier molecular flexibility index (Phi) is 9.85. The molecule has 0 saturated carbocycles. The van der Waals surface area contributed by atoms with Gasteiger partial charge in [-0.2, -0.15) is 0 Å². The molecule has 0 saturated heterocycles. The standard InChI is InChI=1S/C28H35N3O6/c1-17(2)6-7-19-14-21(9-11-24(19)35-4)27(33)31-22-15-20-8-10-23(18(3)26(20)37-28(22)34)36-13-5-12-30-16-25(29)32/h6,8-11,14-15,25,30,32H,5,7,12-13,16,29H2,1-4H3,(H,31,33). The Bertz CT molecular complexity index is 1330. The van der Waals surface area contributed by atoms with Gasteiger partial charge in [-0.1, -0.05) is 11.6 Å². The number of hydrogen-bond donors (Lipinski definition) is 4. The summed E-state index contributed by atoms with van der Waals surface area (Å²) in [7, 11) is 1.59. The zero-order chi connectivity index (χ0) is 26.9. The summed E-state index contributed by atoms with van der Waals surface area (Å²) in [6.45, 7) is 7.23.